The predicted octanol–water partition coefficient (Wildman–Crippen LogP) is 1.40. The molecule has 0 heterocycles. The molecular weight excluding hydrogens is 356 g/mol. The predicted molar refractivity (Wildman–Crippen MR) is 111 cm³/mol. The lowest BCUT2D eigenvalue weighted by Gasteiger charge is -2.30. The molecule has 28 heavy (non-hydrogen) atoms. The van der Waals surface area contributed by atoms with E-state index in [4.69, 9.17) is 0 Å². The van der Waals surface area contributed by atoms with Crippen molar-refractivity contribution < 1.29 is 28.8 Å². The SMILES string of the molecule is CC[N+](C)(CC)CC.CC[N+](C)(CC)CC.O=C([O-])c1cccc(C(=O)[O-])c1. The zero-order chi connectivity index (χ0) is 22.4. The highest BCUT2D eigenvalue weighted by molar-refractivity contribution is 5.91. The Morgan fingerprint density at radius 3 is 1.07 bits per heavy atom. The van der Waals surface area contributed by atoms with Gasteiger partial charge in [0.1, 0.15) is 0 Å². The number of carbonyl (C=O) groups is 2. The van der Waals surface area contributed by atoms with Crippen LogP contribution < -0.4 is 10.2 Å². The van der Waals surface area contributed by atoms with E-state index in [0.29, 0.717) is 0 Å². The highest BCUT2D eigenvalue weighted by Crippen LogP contribution is 2.02. The average Bonchev–Trinajstić information content (AvgIpc) is 2.73. The smallest absolute Gasteiger partial charge is 0.0755 e. The molecule has 162 valence electrons. The number of hydrogen-bond donors (Lipinski definition) is 0. The van der Waals surface area contributed by atoms with Crippen molar-refractivity contribution in [3.63, 3.8) is 0 Å². The zero-order valence-corrected chi connectivity index (χ0v) is 19.1. The van der Waals surface area contributed by atoms with Crippen LogP contribution in [0.3, 0.4) is 0 Å². The van der Waals surface area contributed by atoms with Crippen LogP contribution in [-0.2, 0) is 0 Å². The van der Waals surface area contributed by atoms with E-state index in [2.05, 4.69) is 55.6 Å². The highest BCUT2D eigenvalue weighted by atomic mass is 16.4. The Morgan fingerprint density at radius 1 is 0.679 bits per heavy atom. The summed E-state index contributed by atoms with van der Waals surface area (Å²) in [6.07, 6.45) is 0. The number of carboxylic acids is 2. The third-order valence-corrected chi connectivity index (χ3v) is 5.91. The van der Waals surface area contributed by atoms with Crippen molar-refractivity contribution in [1.82, 2.24) is 0 Å². The molecule has 0 amide bonds. The zero-order valence-electron chi connectivity index (χ0n) is 19.1. The first-order valence-electron chi connectivity index (χ1n) is 10.2. The third-order valence-electron chi connectivity index (χ3n) is 5.91. The average molecular weight is 397 g/mol. The van der Waals surface area contributed by atoms with Gasteiger partial charge < -0.3 is 28.8 Å². The van der Waals surface area contributed by atoms with Gasteiger partial charge in [-0.15, -0.1) is 0 Å². The number of rotatable bonds is 8. The maximum Gasteiger partial charge on any atom is 0.0755 e. The summed E-state index contributed by atoms with van der Waals surface area (Å²) in [5.41, 5.74) is -0.339. The van der Waals surface area contributed by atoms with Crippen LogP contribution in [0.4, 0.5) is 0 Å². The molecule has 1 aromatic rings. The van der Waals surface area contributed by atoms with Gasteiger partial charge in [-0.05, 0) is 58.7 Å². The van der Waals surface area contributed by atoms with E-state index in [0.717, 1.165) is 6.07 Å². The molecule has 0 bridgehead atoms. The lowest BCUT2D eigenvalue weighted by Crippen LogP contribution is -2.42. The van der Waals surface area contributed by atoms with Crippen molar-refractivity contribution >= 4 is 11.9 Å². The molecule has 0 saturated heterocycles. The number of hydrogen-bond acceptors (Lipinski definition) is 4. The molecule has 6 heteroatoms. The number of benzene rings is 1. The van der Waals surface area contributed by atoms with Crippen molar-refractivity contribution in [1.29, 1.82) is 0 Å². The fourth-order valence-corrected chi connectivity index (χ4v) is 2.11. The topological polar surface area (TPSA) is 80.3 Å². The maximum atomic E-state index is 10.3. The number of carboxylic acid groups (broad SMARTS) is 2. The first kappa shape index (κ1) is 28.3. The van der Waals surface area contributed by atoms with Crippen LogP contribution in [0.15, 0.2) is 24.3 Å². The van der Waals surface area contributed by atoms with Crippen LogP contribution >= 0.6 is 0 Å². The molecule has 1 rings (SSSR count). The molecule has 0 fully saturated rings. The molecule has 0 saturated carbocycles. The Bertz CT molecular complexity index is 516. The van der Waals surface area contributed by atoms with Gasteiger partial charge in [-0.25, -0.2) is 0 Å². The molecule has 0 N–H and O–H groups in total. The van der Waals surface area contributed by atoms with Gasteiger partial charge in [-0.2, -0.15) is 0 Å². The van der Waals surface area contributed by atoms with Gasteiger partial charge in [-0.1, -0.05) is 18.2 Å². The van der Waals surface area contributed by atoms with Crippen molar-refractivity contribution in [3.05, 3.63) is 35.4 Å². The van der Waals surface area contributed by atoms with Gasteiger partial charge >= 0.3 is 0 Å². The van der Waals surface area contributed by atoms with Crippen LogP contribution in [0.25, 0.3) is 0 Å². The molecule has 0 aliphatic carbocycles. The fraction of sp³-hybridized carbons (Fsp3) is 0.636. The summed E-state index contributed by atoms with van der Waals surface area (Å²) >= 11 is 0. The number of carbonyl (C=O) groups excluding carboxylic acids is 2. The molecule has 0 radical (unpaired) electrons. The summed E-state index contributed by atoms with van der Waals surface area (Å²) in [5, 5.41) is 20.5. The summed E-state index contributed by atoms with van der Waals surface area (Å²) in [6, 6.07) is 4.81. The third kappa shape index (κ3) is 11.0. The normalized spacial score (nSPS) is 10.9. The number of nitrogens with zero attached hydrogens (tertiary/aromatic N) is 2. The maximum absolute atomic E-state index is 10.3. The Morgan fingerprint density at radius 2 is 0.929 bits per heavy atom. The summed E-state index contributed by atoms with van der Waals surface area (Å²) in [6.45, 7) is 21.0. The van der Waals surface area contributed by atoms with Crippen LogP contribution in [0, 0.1) is 0 Å². The molecule has 0 aliphatic rings. The van der Waals surface area contributed by atoms with E-state index in [1.165, 1.54) is 66.4 Å². The van der Waals surface area contributed by atoms with E-state index in [-0.39, 0.29) is 11.1 Å². The minimum Gasteiger partial charge on any atom is -0.545 e. The van der Waals surface area contributed by atoms with Gasteiger partial charge in [0, 0.05) is 0 Å². The second-order valence-corrected chi connectivity index (χ2v) is 7.29. The largest absolute Gasteiger partial charge is 0.545 e. The first-order valence-corrected chi connectivity index (χ1v) is 10.2. The summed E-state index contributed by atoms with van der Waals surface area (Å²) in [7, 11) is 4.58. The van der Waals surface area contributed by atoms with E-state index in [9.17, 15) is 19.8 Å². The second kappa shape index (κ2) is 14.1. The fourth-order valence-electron chi connectivity index (χ4n) is 2.11. The van der Waals surface area contributed by atoms with E-state index in [1.54, 1.807) is 0 Å². The van der Waals surface area contributed by atoms with Crippen molar-refractivity contribution in [2.45, 2.75) is 41.5 Å². The molecular formula is C22H40N2O4. The van der Waals surface area contributed by atoms with E-state index in [1.807, 2.05) is 0 Å². The standard InChI is InChI=1S/C8H6O4.2C7H18N/c9-7(10)5-2-1-3-6(4-5)8(11)12;2*1-5-8(4,6-2)7-3/h1-4H,(H,9,10)(H,11,12);2*5-7H2,1-4H3/q;2*+1/p-2. The summed E-state index contributed by atoms with van der Waals surface area (Å²) in [4.78, 5) is 20.5. The first-order chi connectivity index (χ1) is 13.0. The Hall–Kier alpha value is -1.92. The molecule has 0 atom stereocenters. The van der Waals surface area contributed by atoms with Gasteiger partial charge in [-0.3, -0.25) is 0 Å². The van der Waals surface area contributed by atoms with E-state index < -0.39 is 11.9 Å². The second-order valence-electron chi connectivity index (χ2n) is 7.29. The molecule has 0 spiro atoms. The Kier molecular flexibility index (Phi) is 14.3. The van der Waals surface area contributed by atoms with Crippen LogP contribution in [0.2, 0.25) is 0 Å². The van der Waals surface area contributed by atoms with Gasteiger partial charge in [0.25, 0.3) is 0 Å². The number of quaternary nitrogens is 2. The summed E-state index contributed by atoms with van der Waals surface area (Å²) in [5.74, 6) is -2.81. The Labute approximate surface area is 171 Å². The minimum atomic E-state index is -1.40. The van der Waals surface area contributed by atoms with Gasteiger partial charge in [0.05, 0.1) is 65.3 Å². The van der Waals surface area contributed by atoms with Gasteiger partial charge in [0.2, 0.25) is 0 Å². The minimum absolute atomic E-state index is 0.170. The molecule has 0 unspecified atom stereocenters. The van der Waals surface area contributed by atoms with Gasteiger partial charge in [0.15, 0.2) is 0 Å². The van der Waals surface area contributed by atoms with Crippen LogP contribution in [-0.4, -0.2) is 74.3 Å². The quantitative estimate of drug-likeness (QED) is 0.622. The van der Waals surface area contributed by atoms with Crippen LogP contribution in [0.1, 0.15) is 62.3 Å². The lowest BCUT2D eigenvalue weighted by molar-refractivity contribution is -0.904. The molecule has 0 aromatic heterocycles. The van der Waals surface area contributed by atoms with Crippen molar-refractivity contribution in [3.8, 4) is 0 Å². The molecule has 1 aromatic carbocycles. The Balaban J connectivity index is 0. The van der Waals surface area contributed by atoms with Crippen LogP contribution in [0.5, 0.6) is 0 Å². The molecule has 0 aliphatic heterocycles. The highest BCUT2D eigenvalue weighted by Gasteiger charge is 2.11. The van der Waals surface area contributed by atoms with Crippen molar-refractivity contribution in [2.24, 2.45) is 0 Å². The lowest BCUT2D eigenvalue weighted by atomic mass is 10.1. The van der Waals surface area contributed by atoms with E-state index >= 15 is 0 Å². The monoisotopic (exact) mass is 396 g/mol. The van der Waals surface area contributed by atoms with Crippen molar-refractivity contribution in [2.75, 3.05) is 53.4 Å². The number of aromatic carboxylic acids is 2. The molecule has 6 nitrogen and oxygen atoms in total. The summed E-state index contributed by atoms with van der Waals surface area (Å²) < 4.78 is 2.42.